The van der Waals surface area contributed by atoms with Crippen LogP contribution in [0.25, 0.3) is 0 Å². The van der Waals surface area contributed by atoms with Crippen molar-refractivity contribution < 1.29 is 9.18 Å². The number of aryl methyl sites for hydroxylation is 1. The molecule has 1 saturated carbocycles. The van der Waals surface area contributed by atoms with Gasteiger partial charge in [0.2, 0.25) is 6.08 Å². The summed E-state index contributed by atoms with van der Waals surface area (Å²) >= 11 is 0. The maximum absolute atomic E-state index is 13.3. The molecule has 1 fully saturated rings. The smallest absolute Gasteiger partial charge is 0.211 e. The van der Waals surface area contributed by atoms with Crippen LogP contribution in [0.3, 0.4) is 0 Å². The minimum absolute atomic E-state index is 0.253. The van der Waals surface area contributed by atoms with Crippen molar-refractivity contribution in [2.24, 2.45) is 4.99 Å². The highest BCUT2D eigenvalue weighted by molar-refractivity contribution is 5.42. The van der Waals surface area contributed by atoms with E-state index in [2.05, 4.69) is 4.99 Å². The van der Waals surface area contributed by atoms with Crippen molar-refractivity contribution in [1.29, 1.82) is 0 Å². The Bertz CT molecular complexity index is 431. The topological polar surface area (TPSA) is 29.4 Å². The number of carbonyl (C=O) groups excluding carboxylic acids is 1. The van der Waals surface area contributed by atoms with E-state index in [4.69, 9.17) is 0 Å². The van der Waals surface area contributed by atoms with Crippen molar-refractivity contribution in [2.75, 3.05) is 0 Å². The summed E-state index contributed by atoms with van der Waals surface area (Å²) in [5.41, 5.74) is 1.29. The van der Waals surface area contributed by atoms with Crippen LogP contribution in [0, 0.1) is 5.82 Å². The Hall–Kier alpha value is -1.47. The molecule has 0 amide bonds. The second-order valence-electron chi connectivity index (χ2n) is 3.94. The number of isocyanates is 1. The maximum Gasteiger partial charge on any atom is 0.235 e. The number of aliphatic imine (C=N–C) groups is 1. The molecule has 2 nitrogen and oxygen atoms in total. The molecular formula is C12H12FNO. The molecule has 1 aliphatic rings. The lowest BCUT2D eigenvalue weighted by Gasteiger charge is -2.09. The molecule has 3 heteroatoms. The number of rotatable bonds is 3. The zero-order chi connectivity index (χ0) is 10.9. The van der Waals surface area contributed by atoms with Gasteiger partial charge in [-0.1, -0.05) is 13.0 Å². The summed E-state index contributed by atoms with van der Waals surface area (Å²) in [6.45, 7) is 1.97. The van der Waals surface area contributed by atoms with Crippen LogP contribution in [-0.2, 0) is 16.8 Å². The fourth-order valence-corrected chi connectivity index (χ4v) is 1.79. The number of benzene rings is 1. The average molecular weight is 205 g/mol. The van der Waals surface area contributed by atoms with E-state index in [0.717, 1.165) is 30.4 Å². The Kier molecular flexibility index (Phi) is 2.41. The molecule has 1 aromatic carbocycles. The van der Waals surface area contributed by atoms with Crippen molar-refractivity contribution in [3.05, 3.63) is 35.1 Å². The average Bonchev–Trinajstić information content (AvgIpc) is 2.98. The summed E-state index contributed by atoms with van der Waals surface area (Å²) in [6, 6.07) is 4.91. The van der Waals surface area contributed by atoms with E-state index in [1.54, 1.807) is 6.08 Å². The predicted octanol–water partition coefficient (Wildman–Crippen LogP) is 2.71. The van der Waals surface area contributed by atoms with Crippen molar-refractivity contribution in [1.82, 2.24) is 0 Å². The highest BCUT2D eigenvalue weighted by atomic mass is 19.1. The zero-order valence-electron chi connectivity index (χ0n) is 8.59. The van der Waals surface area contributed by atoms with E-state index >= 15 is 0 Å². The van der Waals surface area contributed by atoms with Crippen molar-refractivity contribution >= 4 is 6.08 Å². The summed E-state index contributed by atoms with van der Waals surface area (Å²) < 4.78 is 13.3. The van der Waals surface area contributed by atoms with Crippen LogP contribution in [0.1, 0.15) is 30.9 Å². The monoisotopic (exact) mass is 205 g/mol. The number of halogens is 1. The Morgan fingerprint density at radius 1 is 1.47 bits per heavy atom. The number of nitrogens with zero attached hydrogens (tertiary/aromatic N) is 1. The normalized spacial score (nSPS) is 16.9. The zero-order valence-corrected chi connectivity index (χ0v) is 8.59. The third-order valence-electron chi connectivity index (χ3n) is 2.89. The van der Waals surface area contributed by atoms with Gasteiger partial charge in [-0.15, -0.1) is 0 Å². The first-order chi connectivity index (χ1) is 7.20. The van der Waals surface area contributed by atoms with Gasteiger partial charge in [-0.05, 0) is 42.5 Å². The summed E-state index contributed by atoms with van der Waals surface area (Å²) in [5, 5.41) is 0. The molecular weight excluding hydrogens is 193 g/mol. The summed E-state index contributed by atoms with van der Waals surface area (Å²) in [6.07, 6.45) is 3.99. The van der Waals surface area contributed by atoms with E-state index in [-0.39, 0.29) is 5.82 Å². The van der Waals surface area contributed by atoms with E-state index in [1.807, 2.05) is 13.0 Å². The largest absolute Gasteiger partial charge is 0.235 e. The molecule has 0 atom stereocenters. The van der Waals surface area contributed by atoms with Crippen molar-refractivity contribution in [3.63, 3.8) is 0 Å². The predicted molar refractivity (Wildman–Crippen MR) is 54.8 cm³/mol. The van der Waals surface area contributed by atoms with Crippen LogP contribution < -0.4 is 0 Å². The fourth-order valence-electron chi connectivity index (χ4n) is 1.79. The highest BCUT2D eigenvalue weighted by Crippen LogP contribution is 2.49. The number of hydrogen-bond donors (Lipinski definition) is 0. The molecule has 15 heavy (non-hydrogen) atoms. The molecule has 2 rings (SSSR count). The van der Waals surface area contributed by atoms with Gasteiger partial charge in [-0.3, -0.25) is 0 Å². The Balaban J connectivity index is 2.44. The van der Waals surface area contributed by atoms with Crippen LogP contribution in [0.5, 0.6) is 0 Å². The van der Waals surface area contributed by atoms with Crippen LogP contribution in [0.2, 0.25) is 0 Å². The second-order valence-corrected chi connectivity index (χ2v) is 3.94. The van der Waals surface area contributed by atoms with Crippen molar-refractivity contribution in [2.45, 2.75) is 31.7 Å². The minimum atomic E-state index is -0.465. The van der Waals surface area contributed by atoms with E-state index in [9.17, 15) is 9.18 Å². The first kappa shape index (κ1) is 10.1. The van der Waals surface area contributed by atoms with Gasteiger partial charge >= 0.3 is 0 Å². The maximum atomic E-state index is 13.3. The molecule has 1 aromatic rings. The van der Waals surface area contributed by atoms with Gasteiger partial charge in [0.1, 0.15) is 5.82 Å². The third-order valence-corrected chi connectivity index (χ3v) is 2.89. The first-order valence-corrected chi connectivity index (χ1v) is 5.09. The first-order valence-electron chi connectivity index (χ1n) is 5.09. The van der Waals surface area contributed by atoms with E-state index < -0.39 is 5.54 Å². The van der Waals surface area contributed by atoms with Crippen LogP contribution >= 0.6 is 0 Å². The van der Waals surface area contributed by atoms with Crippen LogP contribution in [-0.4, -0.2) is 6.08 Å². The molecule has 0 saturated heterocycles. The standard InChI is InChI=1S/C12H12FNO/c1-2-9-5-10(7-11(13)6-9)12(3-4-12)14-8-15/h5-7H,2-4H2,1H3. The van der Waals surface area contributed by atoms with Crippen LogP contribution in [0.15, 0.2) is 23.2 Å². The Morgan fingerprint density at radius 2 is 2.20 bits per heavy atom. The van der Waals surface area contributed by atoms with Crippen molar-refractivity contribution in [3.8, 4) is 0 Å². The van der Waals surface area contributed by atoms with E-state index in [0.29, 0.717) is 0 Å². The van der Waals surface area contributed by atoms with Crippen LogP contribution in [0.4, 0.5) is 4.39 Å². The lowest BCUT2D eigenvalue weighted by Crippen LogP contribution is -2.03. The fraction of sp³-hybridized carbons (Fsp3) is 0.417. The summed E-state index contributed by atoms with van der Waals surface area (Å²) in [7, 11) is 0. The number of hydrogen-bond acceptors (Lipinski definition) is 2. The molecule has 0 aliphatic heterocycles. The molecule has 0 radical (unpaired) electrons. The lowest BCUT2D eigenvalue weighted by molar-refractivity contribution is 0.555. The van der Waals surface area contributed by atoms with Gasteiger partial charge in [0, 0.05) is 0 Å². The quantitative estimate of drug-likeness (QED) is 0.551. The Labute approximate surface area is 87.8 Å². The molecule has 0 aromatic heterocycles. The van der Waals surface area contributed by atoms with Gasteiger partial charge in [-0.25, -0.2) is 9.18 Å². The minimum Gasteiger partial charge on any atom is -0.211 e. The van der Waals surface area contributed by atoms with E-state index in [1.165, 1.54) is 12.1 Å². The second kappa shape index (κ2) is 3.59. The third kappa shape index (κ3) is 1.83. The van der Waals surface area contributed by atoms with Gasteiger partial charge in [-0.2, -0.15) is 4.99 Å². The highest BCUT2D eigenvalue weighted by Gasteiger charge is 2.45. The molecule has 78 valence electrons. The molecule has 0 bridgehead atoms. The summed E-state index contributed by atoms with van der Waals surface area (Å²) in [5.74, 6) is -0.253. The van der Waals surface area contributed by atoms with Gasteiger partial charge < -0.3 is 0 Å². The SMILES string of the molecule is CCc1cc(F)cc(C2(N=C=O)CC2)c1. The molecule has 0 N–H and O–H groups in total. The molecule has 0 spiro atoms. The van der Waals surface area contributed by atoms with Gasteiger partial charge in [0.15, 0.2) is 0 Å². The molecule has 1 aliphatic carbocycles. The van der Waals surface area contributed by atoms with Gasteiger partial charge in [0.25, 0.3) is 0 Å². The Morgan fingerprint density at radius 3 is 2.73 bits per heavy atom. The molecule has 0 heterocycles. The summed E-state index contributed by atoms with van der Waals surface area (Å²) in [4.78, 5) is 14.1. The lowest BCUT2D eigenvalue weighted by atomic mass is 10.0. The van der Waals surface area contributed by atoms with Gasteiger partial charge in [0.05, 0.1) is 5.54 Å². The molecule has 0 unspecified atom stereocenters.